The maximum absolute atomic E-state index is 11.9. The zero-order valence-electron chi connectivity index (χ0n) is 12.8. The van der Waals surface area contributed by atoms with Crippen LogP contribution in [0.25, 0.3) is 0 Å². The minimum Gasteiger partial charge on any atom is -0.507 e. The smallest absolute Gasteiger partial charge is 0.271 e. The summed E-state index contributed by atoms with van der Waals surface area (Å²) in [7, 11) is 1.57. The summed E-state index contributed by atoms with van der Waals surface area (Å²) in [6, 6.07) is 10.4. The standard InChI is InChI=1S/C17H18N2O3/c1-11-8-13(9-12(2)16(11)20)10-18-19-17(21)14-4-6-15(22-3)7-5-14/h4-10,20H,1-3H3,(H,19,21)/b18-10+. The Kier molecular flexibility index (Phi) is 4.78. The topological polar surface area (TPSA) is 70.9 Å². The second kappa shape index (κ2) is 6.76. The van der Waals surface area contributed by atoms with E-state index in [9.17, 15) is 9.90 Å². The molecule has 2 aromatic carbocycles. The molecule has 22 heavy (non-hydrogen) atoms. The summed E-state index contributed by atoms with van der Waals surface area (Å²) in [5.41, 5.74) is 5.30. The van der Waals surface area contributed by atoms with Gasteiger partial charge in [-0.2, -0.15) is 5.10 Å². The molecule has 0 aliphatic heterocycles. The fourth-order valence-corrected chi connectivity index (χ4v) is 2.04. The van der Waals surface area contributed by atoms with Gasteiger partial charge in [0.2, 0.25) is 0 Å². The first kappa shape index (κ1) is 15.6. The summed E-state index contributed by atoms with van der Waals surface area (Å²) in [6.45, 7) is 3.63. The molecule has 5 heteroatoms. The predicted molar refractivity (Wildman–Crippen MR) is 85.6 cm³/mol. The van der Waals surface area contributed by atoms with Crippen molar-refractivity contribution in [3.63, 3.8) is 0 Å². The number of benzene rings is 2. The van der Waals surface area contributed by atoms with E-state index in [4.69, 9.17) is 4.74 Å². The molecule has 0 atom stereocenters. The molecular formula is C17H18N2O3. The first-order chi connectivity index (χ1) is 10.5. The molecule has 1 amide bonds. The third-order valence-corrected chi connectivity index (χ3v) is 3.25. The molecule has 0 saturated carbocycles. The summed E-state index contributed by atoms with van der Waals surface area (Å²) in [6.07, 6.45) is 1.54. The number of phenols is 1. The molecule has 0 aliphatic rings. The number of carbonyl (C=O) groups excluding carboxylic acids is 1. The van der Waals surface area contributed by atoms with Crippen LogP contribution in [0.3, 0.4) is 0 Å². The number of nitrogens with zero attached hydrogens (tertiary/aromatic N) is 1. The molecule has 0 radical (unpaired) electrons. The minimum atomic E-state index is -0.300. The normalized spacial score (nSPS) is 10.7. The van der Waals surface area contributed by atoms with Gasteiger partial charge in [0, 0.05) is 5.56 Å². The molecule has 0 unspecified atom stereocenters. The Hall–Kier alpha value is -2.82. The van der Waals surface area contributed by atoms with E-state index >= 15 is 0 Å². The second-order valence-electron chi connectivity index (χ2n) is 4.93. The lowest BCUT2D eigenvalue weighted by Gasteiger charge is -2.05. The molecule has 0 aliphatic carbocycles. The quantitative estimate of drug-likeness (QED) is 0.673. The van der Waals surface area contributed by atoms with Gasteiger partial charge in [-0.15, -0.1) is 0 Å². The Morgan fingerprint density at radius 1 is 1.18 bits per heavy atom. The van der Waals surface area contributed by atoms with Crippen molar-refractivity contribution >= 4 is 12.1 Å². The van der Waals surface area contributed by atoms with Crippen LogP contribution in [0.4, 0.5) is 0 Å². The van der Waals surface area contributed by atoms with Crippen molar-refractivity contribution < 1.29 is 14.6 Å². The van der Waals surface area contributed by atoms with Crippen molar-refractivity contribution in [2.24, 2.45) is 5.10 Å². The van der Waals surface area contributed by atoms with Gasteiger partial charge in [0.25, 0.3) is 5.91 Å². The summed E-state index contributed by atoms with van der Waals surface area (Å²) in [4.78, 5) is 11.9. The lowest BCUT2D eigenvalue weighted by Crippen LogP contribution is -2.17. The van der Waals surface area contributed by atoms with Crippen molar-refractivity contribution in [1.29, 1.82) is 0 Å². The fraction of sp³-hybridized carbons (Fsp3) is 0.176. The van der Waals surface area contributed by atoms with Crippen LogP contribution in [0.2, 0.25) is 0 Å². The van der Waals surface area contributed by atoms with Crippen LogP contribution < -0.4 is 10.2 Å². The van der Waals surface area contributed by atoms with Crippen LogP contribution in [0, 0.1) is 13.8 Å². The van der Waals surface area contributed by atoms with Crippen LogP contribution in [-0.4, -0.2) is 24.3 Å². The van der Waals surface area contributed by atoms with Gasteiger partial charge in [-0.05, 0) is 66.9 Å². The highest BCUT2D eigenvalue weighted by Crippen LogP contribution is 2.22. The number of carbonyl (C=O) groups is 1. The molecule has 2 aromatic rings. The molecule has 2 rings (SSSR count). The van der Waals surface area contributed by atoms with Gasteiger partial charge in [0.05, 0.1) is 13.3 Å². The van der Waals surface area contributed by atoms with Crippen molar-refractivity contribution in [2.75, 3.05) is 7.11 Å². The van der Waals surface area contributed by atoms with Gasteiger partial charge in [-0.1, -0.05) is 0 Å². The molecule has 2 N–H and O–H groups in total. The highest BCUT2D eigenvalue weighted by Gasteiger charge is 2.04. The zero-order valence-corrected chi connectivity index (χ0v) is 12.8. The number of aryl methyl sites for hydroxylation is 2. The minimum absolute atomic E-state index is 0.277. The lowest BCUT2D eigenvalue weighted by molar-refractivity contribution is 0.0955. The van der Waals surface area contributed by atoms with Crippen LogP contribution in [-0.2, 0) is 0 Å². The predicted octanol–water partition coefficient (Wildman–Crippen LogP) is 2.78. The van der Waals surface area contributed by atoms with Crippen LogP contribution in [0.1, 0.15) is 27.0 Å². The molecular weight excluding hydrogens is 280 g/mol. The number of amides is 1. The number of phenolic OH excluding ortho intramolecular Hbond substituents is 1. The van der Waals surface area contributed by atoms with E-state index in [1.165, 1.54) is 0 Å². The summed E-state index contributed by atoms with van der Waals surface area (Å²) < 4.78 is 5.04. The van der Waals surface area contributed by atoms with E-state index in [1.54, 1.807) is 49.7 Å². The Morgan fingerprint density at radius 2 is 1.77 bits per heavy atom. The van der Waals surface area contributed by atoms with Gasteiger partial charge in [0.1, 0.15) is 11.5 Å². The Labute approximate surface area is 129 Å². The van der Waals surface area contributed by atoms with E-state index in [2.05, 4.69) is 10.5 Å². The van der Waals surface area contributed by atoms with Crippen LogP contribution in [0.15, 0.2) is 41.5 Å². The Morgan fingerprint density at radius 3 is 2.32 bits per heavy atom. The lowest BCUT2D eigenvalue weighted by atomic mass is 10.1. The fourth-order valence-electron chi connectivity index (χ4n) is 2.04. The third kappa shape index (κ3) is 3.63. The Bertz CT molecular complexity index is 683. The maximum atomic E-state index is 11.9. The van der Waals surface area contributed by atoms with Gasteiger partial charge >= 0.3 is 0 Å². The van der Waals surface area contributed by atoms with E-state index in [0.29, 0.717) is 11.3 Å². The molecule has 114 valence electrons. The number of hydrogen-bond acceptors (Lipinski definition) is 4. The average Bonchev–Trinajstić information content (AvgIpc) is 2.52. The van der Waals surface area contributed by atoms with Gasteiger partial charge < -0.3 is 9.84 Å². The number of methoxy groups -OCH3 is 1. The van der Waals surface area contributed by atoms with Crippen molar-refractivity contribution in [3.05, 3.63) is 58.7 Å². The van der Waals surface area contributed by atoms with Gasteiger partial charge in [-0.3, -0.25) is 4.79 Å². The molecule has 0 bridgehead atoms. The first-order valence-electron chi connectivity index (χ1n) is 6.79. The molecule has 0 fully saturated rings. The summed E-state index contributed by atoms with van der Waals surface area (Å²) in [5, 5.41) is 13.6. The molecule has 0 spiro atoms. The van der Waals surface area contributed by atoms with Crippen LogP contribution in [0.5, 0.6) is 11.5 Å². The van der Waals surface area contributed by atoms with Gasteiger partial charge in [-0.25, -0.2) is 5.43 Å². The highest BCUT2D eigenvalue weighted by molar-refractivity contribution is 5.95. The zero-order chi connectivity index (χ0) is 16.1. The van der Waals surface area contributed by atoms with E-state index in [0.717, 1.165) is 16.7 Å². The Balaban J connectivity index is 2.03. The first-order valence-corrected chi connectivity index (χ1v) is 6.79. The molecule has 0 heterocycles. The largest absolute Gasteiger partial charge is 0.507 e. The molecule has 0 saturated heterocycles. The SMILES string of the molecule is COc1ccc(C(=O)N/N=C/c2cc(C)c(O)c(C)c2)cc1. The third-order valence-electron chi connectivity index (χ3n) is 3.25. The van der Waals surface area contributed by atoms with E-state index in [1.807, 2.05) is 13.8 Å². The van der Waals surface area contributed by atoms with Crippen molar-refractivity contribution in [3.8, 4) is 11.5 Å². The number of hydrazone groups is 1. The number of hydrogen-bond donors (Lipinski definition) is 2. The average molecular weight is 298 g/mol. The number of ether oxygens (including phenoxy) is 1. The van der Waals surface area contributed by atoms with Gasteiger partial charge in [0.15, 0.2) is 0 Å². The molecule has 0 aromatic heterocycles. The van der Waals surface area contributed by atoms with Crippen molar-refractivity contribution in [1.82, 2.24) is 5.43 Å². The summed E-state index contributed by atoms with van der Waals surface area (Å²) in [5.74, 6) is 0.667. The maximum Gasteiger partial charge on any atom is 0.271 e. The number of rotatable bonds is 4. The molecule has 5 nitrogen and oxygen atoms in total. The van der Waals surface area contributed by atoms with Crippen LogP contribution >= 0.6 is 0 Å². The number of nitrogens with one attached hydrogen (secondary N) is 1. The van der Waals surface area contributed by atoms with E-state index < -0.39 is 0 Å². The monoisotopic (exact) mass is 298 g/mol. The van der Waals surface area contributed by atoms with E-state index in [-0.39, 0.29) is 11.7 Å². The summed E-state index contributed by atoms with van der Waals surface area (Å²) >= 11 is 0. The highest BCUT2D eigenvalue weighted by atomic mass is 16.5. The number of aromatic hydroxyl groups is 1. The van der Waals surface area contributed by atoms with Crippen molar-refractivity contribution in [2.45, 2.75) is 13.8 Å². The second-order valence-corrected chi connectivity index (χ2v) is 4.93.